The van der Waals surface area contributed by atoms with Gasteiger partial charge < -0.3 is 9.84 Å². The SMILES string of the molecule is CCCC(C)C(O)c1ccc(COC)cc1. The summed E-state index contributed by atoms with van der Waals surface area (Å²) in [5.74, 6) is 0.318. The summed E-state index contributed by atoms with van der Waals surface area (Å²) in [5.41, 5.74) is 2.14. The van der Waals surface area contributed by atoms with Gasteiger partial charge in [-0.05, 0) is 23.5 Å². The minimum absolute atomic E-state index is 0.318. The maximum absolute atomic E-state index is 10.1. The molecule has 0 saturated carbocycles. The lowest BCUT2D eigenvalue weighted by molar-refractivity contribution is 0.112. The molecule has 90 valence electrons. The Labute approximate surface area is 98.3 Å². The van der Waals surface area contributed by atoms with Crippen LogP contribution in [-0.4, -0.2) is 12.2 Å². The van der Waals surface area contributed by atoms with Crippen LogP contribution in [0.25, 0.3) is 0 Å². The number of ether oxygens (including phenoxy) is 1. The summed E-state index contributed by atoms with van der Waals surface area (Å²) >= 11 is 0. The van der Waals surface area contributed by atoms with Crippen LogP contribution in [-0.2, 0) is 11.3 Å². The molecule has 0 bridgehead atoms. The highest BCUT2D eigenvalue weighted by molar-refractivity contribution is 5.24. The van der Waals surface area contributed by atoms with Gasteiger partial charge in [-0.3, -0.25) is 0 Å². The Hall–Kier alpha value is -0.860. The van der Waals surface area contributed by atoms with Crippen molar-refractivity contribution < 1.29 is 9.84 Å². The number of rotatable bonds is 6. The van der Waals surface area contributed by atoms with Crippen molar-refractivity contribution in [2.75, 3.05) is 7.11 Å². The smallest absolute Gasteiger partial charge is 0.0815 e. The quantitative estimate of drug-likeness (QED) is 0.800. The summed E-state index contributed by atoms with van der Waals surface area (Å²) in [5, 5.41) is 10.1. The number of hydrogen-bond acceptors (Lipinski definition) is 2. The van der Waals surface area contributed by atoms with Crippen LogP contribution in [0.1, 0.15) is 43.9 Å². The number of hydrogen-bond donors (Lipinski definition) is 1. The fourth-order valence-electron chi connectivity index (χ4n) is 1.92. The first kappa shape index (κ1) is 13.2. The van der Waals surface area contributed by atoms with Gasteiger partial charge in [0.1, 0.15) is 0 Å². The molecule has 16 heavy (non-hydrogen) atoms. The Bertz CT molecular complexity index is 292. The second-order valence-corrected chi connectivity index (χ2v) is 4.39. The number of aliphatic hydroxyl groups is 1. The van der Waals surface area contributed by atoms with E-state index in [9.17, 15) is 5.11 Å². The maximum atomic E-state index is 10.1. The molecule has 0 saturated heterocycles. The molecule has 0 radical (unpaired) electrons. The molecule has 2 atom stereocenters. The zero-order valence-corrected chi connectivity index (χ0v) is 10.4. The van der Waals surface area contributed by atoms with Crippen LogP contribution >= 0.6 is 0 Å². The summed E-state index contributed by atoms with van der Waals surface area (Å²) in [4.78, 5) is 0. The largest absolute Gasteiger partial charge is 0.388 e. The first-order chi connectivity index (χ1) is 7.69. The van der Waals surface area contributed by atoms with E-state index in [1.807, 2.05) is 24.3 Å². The van der Waals surface area contributed by atoms with Gasteiger partial charge in [0.25, 0.3) is 0 Å². The van der Waals surface area contributed by atoms with Gasteiger partial charge in [0.2, 0.25) is 0 Å². The van der Waals surface area contributed by atoms with Gasteiger partial charge in [0, 0.05) is 7.11 Å². The van der Waals surface area contributed by atoms with Crippen molar-refractivity contribution in [2.45, 2.75) is 39.4 Å². The Balaban J connectivity index is 2.65. The fourth-order valence-corrected chi connectivity index (χ4v) is 1.92. The zero-order chi connectivity index (χ0) is 12.0. The van der Waals surface area contributed by atoms with Gasteiger partial charge in [-0.1, -0.05) is 44.5 Å². The summed E-state index contributed by atoms with van der Waals surface area (Å²) in [6, 6.07) is 8.01. The Morgan fingerprint density at radius 1 is 1.25 bits per heavy atom. The van der Waals surface area contributed by atoms with Crippen molar-refractivity contribution in [3.8, 4) is 0 Å². The second-order valence-electron chi connectivity index (χ2n) is 4.39. The molecule has 2 unspecified atom stereocenters. The third-order valence-corrected chi connectivity index (χ3v) is 2.92. The molecule has 0 aromatic heterocycles. The summed E-state index contributed by atoms with van der Waals surface area (Å²) in [7, 11) is 1.69. The molecule has 0 aliphatic rings. The lowest BCUT2D eigenvalue weighted by Gasteiger charge is -2.18. The van der Waals surface area contributed by atoms with Gasteiger partial charge in [-0.2, -0.15) is 0 Å². The van der Waals surface area contributed by atoms with Crippen LogP contribution < -0.4 is 0 Å². The molecule has 1 aromatic carbocycles. The lowest BCUT2D eigenvalue weighted by Crippen LogP contribution is -2.08. The maximum Gasteiger partial charge on any atom is 0.0815 e. The normalized spacial score (nSPS) is 14.8. The summed E-state index contributed by atoms with van der Waals surface area (Å²) in [6.45, 7) is 4.86. The topological polar surface area (TPSA) is 29.5 Å². The van der Waals surface area contributed by atoms with E-state index in [2.05, 4.69) is 13.8 Å². The highest BCUT2D eigenvalue weighted by atomic mass is 16.5. The van der Waals surface area contributed by atoms with Crippen molar-refractivity contribution in [3.05, 3.63) is 35.4 Å². The lowest BCUT2D eigenvalue weighted by atomic mass is 9.93. The molecule has 1 rings (SSSR count). The standard InChI is InChI=1S/C14H22O2/c1-4-5-11(2)14(15)13-8-6-12(7-9-13)10-16-3/h6-9,11,14-15H,4-5,10H2,1-3H3. The number of aliphatic hydroxyl groups excluding tert-OH is 1. The highest BCUT2D eigenvalue weighted by Crippen LogP contribution is 2.25. The molecule has 1 aromatic rings. The van der Waals surface area contributed by atoms with Gasteiger partial charge in [0.05, 0.1) is 12.7 Å². The molecule has 0 spiro atoms. The van der Waals surface area contributed by atoms with Gasteiger partial charge >= 0.3 is 0 Å². The molecule has 0 heterocycles. The van der Waals surface area contributed by atoms with Crippen molar-refractivity contribution in [3.63, 3.8) is 0 Å². The third-order valence-electron chi connectivity index (χ3n) is 2.92. The predicted octanol–water partition coefficient (Wildman–Crippen LogP) is 3.30. The van der Waals surface area contributed by atoms with Crippen LogP contribution in [0.2, 0.25) is 0 Å². The average molecular weight is 222 g/mol. The Kier molecular flexibility index (Phi) is 5.50. The monoisotopic (exact) mass is 222 g/mol. The molecular formula is C14H22O2. The van der Waals surface area contributed by atoms with Gasteiger partial charge in [-0.15, -0.1) is 0 Å². The molecule has 1 N–H and O–H groups in total. The molecule has 0 fully saturated rings. The Morgan fingerprint density at radius 2 is 1.88 bits per heavy atom. The van der Waals surface area contributed by atoms with E-state index < -0.39 is 0 Å². The van der Waals surface area contributed by atoms with E-state index in [-0.39, 0.29) is 6.10 Å². The van der Waals surface area contributed by atoms with Crippen molar-refractivity contribution in [2.24, 2.45) is 5.92 Å². The minimum Gasteiger partial charge on any atom is -0.388 e. The van der Waals surface area contributed by atoms with E-state index in [0.29, 0.717) is 12.5 Å². The molecular weight excluding hydrogens is 200 g/mol. The number of methoxy groups -OCH3 is 1. The Morgan fingerprint density at radius 3 is 2.38 bits per heavy atom. The average Bonchev–Trinajstić information content (AvgIpc) is 2.30. The predicted molar refractivity (Wildman–Crippen MR) is 66.2 cm³/mol. The first-order valence-corrected chi connectivity index (χ1v) is 5.94. The van der Waals surface area contributed by atoms with E-state index >= 15 is 0 Å². The number of benzene rings is 1. The first-order valence-electron chi connectivity index (χ1n) is 5.94. The van der Waals surface area contributed by atoms with Crippen molar-refractivity contribution >= 4 is 0 Å². The van der Waals surface area contributed by atoms with E-state index in [4.69, 9.17) is 4.74 Å². The van der Waals surface area contributed by atoms with Crippen LogP contribution in [0.3, 0.4) is 0 Å². The van der Waals surface area contributed by atoms with Crippen LogP contribution in [0.4, 0.5) is 0 Å². The molecule has 2 nitrogen and oxygen atoms in total. The van der Waals surface area contributed by atoms with Crippen LogP contribution in [0.5, 0.6) is 0 Å². The van der Waals surface area contributed by atoms with Crippen molar-refractivity contribution in [1.82, 2.24) is 0 Å². The van der Waals surface area contributed by atoms with Crippen LogP contribution in [0, 0.1) is 5.92 Å². The van der Waals surface area contributed by atoms with E-state index in [1.165, 1.54) is 0 Å². The summed E-state index contributed by atoms with van der Waals surface area (Å²) in [6.07, 6.45) is 1.82. The second kappa shape index (κ2) is 6.66. The molecule has 0 aliphatic heterocycles. The fraction of sp³-hybridized carbons (Fsp3) is 0.571. The van der Waals surface area contributed by atoms with E-state index in [0.717, 1.165) is 24.0 Å². The highest BCUT2D eigenvalue weighted by Gasteiger charge is 2.15. The minimum atomic E-state index is -0.350. The van der Waals surface area contributed by atoms with Gasteiger partial charge in [-0.25, -0.2) is 0 Å². The third kappa shape index (κ3) is 3.62. The van der Waals surface area contributed by atoms with Crippen molar-refractivity contribution in [1.29, 1.82) is 0 Å². The molecule has 0 amide bonds. The van der Waals surface area contributed by atoms with Gasteiger partial charge in [0.15, 0.2) is 0 Å². The van der Waals surface area contributed by atoms with Crippen LogP contribution in [0.15, 0.2) is 24.3 Å². The molecule has 2 heteroatoms. The summed E-state index contributed by atoms with van der Waals surface area (Å²) < 4.78 is 5.05. The molecule has 0 aliphatic carbocycles. The van der Waals surface area contributed by atoms with E-state index in [1.54, 1.807) is 7.11 Å². The zero-order valence-electron chi connectivity index (χ0n) is 10.4.